The van der Waals surface area contributed by atoms with Gasteiger partial charge in [0.15, 0.2) is 0 Å². The van der Waals surface area contributed by atoms with Gasteiger partial charge in [-0.2, -0.15) is 0 Å². The summed E-state index contributed by atoms with van der Waals surface area (Å²) >= 11 is 0. The van der Waals surface area contributed by atoms with Crippen molar-refractivity contribution in [1.82, 2.24) is 0 Å². The number of β-amino-alcohol motifs (C(OH)–C–C–N with tert-alkyl or cyclic N) is 1. The number of nitrogens with zero attached hydrogens (tertiary/aromatic N) is 2. The highest BCUT2D eigenvalue weighted by atomic mass is 16.6. The van der Waals surface area contributed by atoms with Gasteiger partial charge in [0.25, 0.3) is 5.69 Å². The lowest BCUT2D eigenvalue weighted by Crippen LogP contribution is -2.38. The van der Waals surface area contributed by atoms with E-state index in [2.05, 4.69) is 0 Å². The Morgan fingerprint density at radius 3 is 2.94 bits per heavy atom. The first-order chi connectivity index (χ1) is 8.61. The predicted octanol–water partition coefficient (Wildman–Crippen LogP) is 1.56. The summed E-state index contributed by atoms with van der Waals surface area (Å²) < 4.78 is 5.10. The summed E-state index contributed by atoms with van der Waals surface area (Å²) in [5.41, 5.74) is 0.558. The molecule has 0 spiro atoms. The zero-order valence-corrected chi connectivity index (χ0v) is 10.2. The van der Waals surface area contributed by atoms with Gasteiger partial charge in [-0.05, 0) is 18.9 Å². The van der Waals surface area contributed by atoms with Crippen molar-refractivity contribution in [2.24, 2.45) is 0 Å². The van der Waals surface area contributed by atoms with Crippen molar-refractivity contribution in [1.29, 1.82) is 0 Å². The molecule has 0 bridgehead atoms. The first-order valence-corrected chi connectivity index (χ1v) is 5.87. The molecule has 6 nitrogen and oxygen atoms in total. The molecule has 1 aliphatic heterocycles. The summed E-state index contributed by atoms with van der Waals surface area (Å²) in [6.07, 6.45) is 1.15. The van der Waals surface area contributed by atoms with E-state index in [1.54, 1.807) is 12.1 Å². The molecule has 1 unspecified atom stereocenters. The van der Waals surface area contributed by atoms with E-state index in [1.807, 2.05) is 4.90 Å². The third kappa shape index (κ3) is 2.53. The van der Waals surface area contributed by atoms with E-state index in [9.17, 15) is 15.2 Å². The second kappa shape index (κ2) is 5.22. The van der Waals surface area contributed by atoms with E-state index in [0.717, 1.165) is 12.8 Å². The third-order valence-corrected chi connectivity index (χ3v) is 3.12. The van der Waals surface area contributed by atoms with E-state index in [1.165, 1.54) is 13.2 Å². The largest absolute Gasteiger partial charge is 0.497 e. The van der Waals surface area contributed by atoms with E-state index in [-0.39, 0.29) is 5.69 Å². The maximum absolute atomic E-state index is 11.0. The van der Waals surface area contributed by atoms with Crippen LogP contribution < -0.4 is 9.64 Å². The van der Waals surface area contributed by atoms with Crippen molar-refractivity contribution < 1.29 is 14.8 Å². The van der Waals surface area contributed by atoms with Crippen molar-refractivity contribution in [2.75, 3.05) is 25.1 Å². The van der Waals surface area contributed by atoms with Crippen LogP contribution in [0.1, 0.15) is 12.8 Å². The Morgan fingerprint density at radius 1 is 1.56 bits per heavy atom. The molecular formula is C12H16N2O4. The van der Waals surface area contributed by atoms with Crippen molar-refractivity contribution in [2.45, 2.75) is 18.9 Å². The van der Waals surface area contributed by atoms with Crippen molar-refractivity contribution >= 4 is 11.4 Å². The summed E-state index contributed by atoms with van der Waals surface area (Å²) in [4.78, 5) is 12.5. The van der Waals surface area contributed by atoms with Gasteiger partial charge in [0.05, 0.1) is 18.1 Å². The fourth-order valence-electron chi connectivity index (χ4n) is 2.21. The van der Waals surface area contributed by atoms with Crippen molar-refractivity contribution in [3.05, 3.63) is 28.3 Å². The van der Waals surface area contributed by atoms with Gasteiger partial charge in [0.1, 0.15) is 11.4 Å². The summed E-state index contributed by atoms with van der Waals surface area (Å²) in [7, 11) is 1.52. The fourth-order valence-corrected chi connectivity index (χ4v) is 2.21. The number of anilines is 1. The maximum Gasteiger partial charge on any atom is 0.292 e. The lowest BCUT2D eigenvalue weighted by molar-refractivity contribution is -0.384. The number of hydrogen-bond donors (Lipinski definition) is 1. The first-order valence-electron chi connectivity index (χ1n) is 5.87. The van der Waals surface area contributed by atoms with E-state index >= 15 is 0 Å². The van der Waals surface area contributed by atoms with Crippen molar-refractivity contribution in [3.8, 4) is 5.75 Å². The molecule has 2 rings (SSSR count). The Kier molecular flexibility index (Phi) is 3.66. The molecule has 0 radical (unpaired) electrons. The SMILES string of the molecule is COc1ccc([N+](=O)[O-])c(N2CCCC(O)C2)c1. The fraction of sp³-hybridized carbons (Fsp3) is 0.500. The zero-order valence-electron chi connectivity index (χ0n) is 10.2. The quantitative estimate of drug-likeness (QED) is 0.652. The highest BCUT2D eigenvalue weighted by molar-refractivity contribution is 5.66. The van der Waals surface area contributed by atoms with Gasteiger partial charge in [0, 0.05) is 25.2 Å². The monoisotopic (exact) mass is 252 g/mol. The molecule has 1 aromatic carbocycles. The van der Waals surface area contributed by atoms with Crippen LogP contribution in [-0.2, 0) is 0 Å². The lowest BCUT2D eigenvalue weighted by atomic mass is 10.1. The summed E-state index contributed by atoms with van der Waals surface area (Å²) in [6.45, 7) is 1.14. The number of piperidine rings is 1. The minimum atomic E-state index is -0.426. The maximum atomic E-state index is 11.0. The number of nitro groups is 1. The van der Waals surface area contributed by atoms with Crippen LogP contribution in [0.4, 0.5) is 11.4 Å². The van der Waals surface area contributed by atoms with Crippen LogP contribution in [0.15, 0.2) is 18.2 Å². The minimum Gasteiger partial charge on any atom is -0.497 e. The molecule has 1 aliphatic rings. The lowest BCUT2D eigenvalue weighted by Gasteiger charge is -2.31. The van der Waals surface area contributed by atoms with Crippen LogP contribution >= 0.6 is 0 Å². The number of methoxy groups -OCH3 is 1. The molecule has 0 saturated carbocycles. The number of hydrogen-bond acceptors (Lipinski definition) is 5. The number of aliphatic hydroxyl groups excluding tert-OH is 1. The topological polar surface area (TPSA) is 75.8 Å². The Hall–Kier alpha value is -1.82. The van der Waals surface area contributed by atoms with Crippen LogP contribution in [0, 0.1) is 10.1 Å². The van der Waals surface area contributed by atoms with Gasteiger partial charge in [-0.3, -0.25) is 10.1 Å². The summed E-state index contributed by atoms with van der Waals surface area (Å²) in [6, 6.07) is 4.66. The van der Waals surface area contributed by atoms with E-state index < -0.39 is 11.0 Å². The molecule has 0 aliphatic carbocycles. The highest BCUT2D eigenvalue weighted by Gasteiger charge is 2.24. The Morgan fingerprint density at radius 2 is 2.33 bits per heavy atom. The van der Waals surface area contributed by atoms with E-state index in [0.29, 0.717) is 24.5 Å². The van der Waals surface area contributed by atoms with Crippen LogP contribution in [0.25, 0.3) is 0 Å². The van der Waals surface area contributed by atoms with Gasteiger partial charge >= 0.3 is 0 Å². The molecule has 1 atom stereocenters. The molecule has 1 aromatic rings. The van der Waals surface area contributed by atoms with Crippen LogP contribution in [0.2, 0.25) is 0 Å². The van der Waals surface area contributed by atoms with Crippen LogP contribution in [0.5, 0.6) is 5.75 Å². The predicted molar refractivity (Wildman–Crippen MR) is 67.1 cm³/mol. The Labute approximate surface area is 105 Å². The van der Waals surface area contributed by atoms with Crippen molar-refractivity contribution in [3.63, 3.8) is 0 Å². The normalized spacial score (nSPS) is 19.7. The van der Waals surface area contributed by atoms with Crippen LogP contribution in [0.3, 0.4) is 0 Å². The van der Waals surface area contributed by atoms with Crippen LogP contribution in [-0.4, -0.2) is 36.3 Å². The average Bonchev–Trinajstić information content (AvgIpc) is 2.38. The van der Waals surface area contributed by atoms with E-state index in [4.69, 9.17) is 4.74 Å². The molecule has 98 valence electrons. The number of aliphatic hydroxyl groups is 1. The molecule has 18 heavy (non-hydrogen) atoms. The van der Waals surface area contributed by atoms with Gasteiger partial charge in [0.2, 0.25) is 0 Å². The third-order valence-electron chi connectivity index (χ3n) is 3.12. The summed E-state index contributed by atoms with van der Waals surface area (Å²) in [5.74, 6) is 0.579. The molecular weight excluding hydrogens is 236 g/mol. The van der Waals surface area contributed by atoms with Gasteiger partial charge in [-0.25, -0.2) is 0 Å². The van der Waals surface area contributed by atoms with Gasteiger partial charge in [-0.15, -0.1) is 0 Å². The smallest absolute Gasteiger partial charge is 0.292 e. The summed E-state index contributed by atoms with van der Waals surface area (Å²) in [5, 5.41) is 20.7. The van der Waals surface area contributed by atoms with Gasteiger partial charge in [-0.1, -0.05) is 0 Å². The minimum absolute atomic E-state index is 0.0462. The Bertz CT molecular complexity index is 450. The standard InChI is InChI=1S/C12H16N2O4/c1-18-10-4-5-11(14(16)17)12(7-10)13-6-2-3-9(15)8-13/h4-5,7,9,15H,2-3,6,8H2,1H3. The average molecular weight is 252 g/mol. The first kappa shape index (κ1) is 12.6. The Balaban J connectivity index is 2.36. The number of ether oxygens (including phenoxy) is 1. The number of benzene rings is 1. The second-order valence-electron chi connectivity index (χ2n) is 4.35. The molecule has 0 aromatic heterocycles. The number of nitro benzene ring substituents is 1. The zero-order chi connectivity index (χ0) is 13.1. The molecule has 0 amide bonds. The van der Waals surface area contributed by atoms with Gasteiger partial charge < -0.3 is 14.7 Å². The molecule has 6 heteroatoms. The molecule has 1 saturated heterocycles. The second-order valence-corrected chi connectivity index (χ2v) is 4.35. The number of rotatable bonds is 3. The highest BCUT2D eigenvalue weighted by Crippen LogP contribution is 2.33. The molecule has 1 fully saturated rings. The molecule has 1 N–H and O–H groups in total. The molecule has 1 heterocycles.